The second-order valence-electron chi connectivity index (χ2n) is 4.52. The summed E-state index contributed by atoms with van der Waals surface area (Å²) in [4.78, 5) is 11.9. The van der Waals surface area contributed by atoms with Gasteiger partial charge in [0, 0.05) is 0 Å². The minimum atomic E-state index is -1.50. The average Bonchev–Trinajstić information content (AvgIpc) is 2.96. The van der Waals surface area contributed by atoms with E-state index in [1.807, 2.05) is 0 Å². The van der Waals surface area contributed by atoms with Gasteiger partial charge in [-0.05, 0) is 0 Å². The fraction of sp³-hybridized carbons (Fsp3) is 0.500. The second-order valence-corrected chi connectivity index (χ2v) is 5.23. The molecule has 20 heavy (non-hydrogen) atoms. The second kappa shape index (κ2) is 4.46. The average molecular weight is 294 g/mol. The third kappa shape index (κ3) is 1.66. The Bertz CT molecular complexity index is 652. The predicted octanol–water partition coefficient (Wildman–Crippen LogP) is -2.70. The van der Waals surface area contributed by atoms with E-state index in [2.05, 4.69) is 25.2 Å². The molecule has 0 bridgehead atoms. The summed E-state index contributed by atoms with van der Waals surface area (Å²) in [6.45, 7) is -0.436. The summed E-state index contributed by atoms with van der Waals surface area (Å²) in [5.41, 5.74) is 6.37. The van der Waals surface area contributed by atoms with Crippen LogP contribution >= 0.6 is 0 Å². The molecule has 3 rings (SSSR count). The van der Waals surface area contributed by atoms with Crippen molar-refractivity contribution in [2.75, 3.05) is 12.3 Å². The number of imidazole rings is 1. The Morgan fingerprint density at radius 1 is 1.40 bits per heavy atom. The zero-order valence-corrected chi connectivity index (χ0v) is 11.2. The van der Waals surface area contributed by atoms with Crippen LogP contribution in [0, 0.1) is 0 Å². The van der Waals surface area contributed by atoms with Gasteiger partial charge in [0.2, 0.25) is 0 Å². The van der Waals surface area contributed by atoms with E-state index in [4.69, 9.17) is 15.6 Å². The third-order valence-corrected chi connectivity index (χ3v) is 3.99. The van der Waals surface area contributed by atoms with Gasteiger partial charge in [0.05, 0.1) is 12.9 Å². The Morgan fingerprint density at radius 3 is 2.80 bits per heavy atom. The van der Waals surface area contributed by atoms with Crippen LogP contribution in [-0.2, 0) is 10.1 Å². The Labute approximate surface area is 116 Å². The number of fused-ring (bicyclic) bond motifs is 1. The van der Waals surface area contributed by atoms with Crippen molar-refractivity contribution in [3.05, 3.63) is 12.7 Å². The molecule has 9 nitrogen and oxygen atoms in total. The summed E-state index contributed by atoms with van der Waals surface area (Å²) < 4.78 is 6.89. The van der Waals surface area contributed by atoms with Crippen LogP contribution in [0.25, 0.3) is 11.2 Å². The van der Waals surface area contributed by atoms with Crippen molar-refractivity contribution in [3.63, 3.8) is 0 Å². The van der Waals surface area contributed by atoms with Gasteiger partial charge in [-0.1, -0.05) is 0 Å². The minimum Gasteiger partial charge on any atom is -0.394 e. The van der Waals surface area contributed by atoms with E-state index in [1.165, 1.54) is 17.2 Å². The smallest absolute Gasteiger partial charge is 0.167 e. The zero-order valence-electron chi connectivity index (χ0n) is 10.2. The first-order valence-corrected chi connectivity index (χ1v) is 6.33. The monoisotopic (exact) mass is 294 g/mol. The number of nitrogens with two attached hydrogens (primary N) is 1. The molecule has 0 unspecified atom stereocenters. The largest absolute Gasteiger partial charge is 0.394 e. The van der Waals surface area contributed by atoms with E-state index in [0.717, 1.165) is 0 Å². The van der Waals surface area contributed by atoms with Crippen molar-refractivity contribution >= 4 is 27.2 Å². The predicted molar refractivity (Wildman–Crippen MR) is 67.4 cm³/mol. The molecular weight excluding hydrogens is 282 g/mol. The number of aromatic nitrogens is 4. The number of nitrogen functional groups attached to an aromatic ring is 1. The lowest BCUT2D eigenvalue weighted by Crippen LogP contribution is -2.46. The van der Waals surface area contributed by atoms with Gasteiger partial charge in [0.25, 0.3) is 0 Å². The molecule has 0 aromatic carbocycles. The van der Waals surface area contributed by atoms with Gasteiger partial charge >= 0.3 is 0 Å². The first-order chi connectivity index (χ1) is 9.49. The molecule has 10 heteroatoms. The summed E-state index contributed by atoms with van der Waals surface area (Å²) in [5.74, 6) is 0.191. The van der Waals surface area contributed by atoms with Crippen LogP contribution in [0.2, 0.25) is 0 Å². The summed E-state index contributed by atoms with van der Waals surface area (Å²) in [7, 11) is 3.31. The van der Waals surface area contributed by atoms with Crippen molar-refractivity contribution in [1.82, 2.24) is 19.5 Å². The molecular formula is C10H12N5O4Si. The molecule has 0 amide bonds. The first-order valence-electron chi connectivity index (χ1n) is 5.83. The lowest BCUT2D eigenvalue weighted by Gasteiger charge is -2.29. The zero-order chi connectivity index (χ0) is 14.5. The van der Waals surface area contributed by atoms with Gasteiger partial charge in [-0.3, -0.25) is 4.57 Å². The van der Waals surface area contributed by atoms with Crippen LogP contribution in [0.15, 0.2) is 12.7 Å². The van der Waals surface area contributed by atoms with Gasteiger partial charge in [0.15, 0.2) is 16.8 Å². The first kappa shape index (κ1) is 13.4. The van der Waals surface area contributed by atoms with Crippen LogP contribution in [0.3, 0.4) is 0 Å². The Hall–Kier alpha value is -1.59. The molecule has 2 aromatic heterocycles. The van der Waals surface area contributed by atoms with Crippen molar-refractivity contribution in [2.45, 2.75) is 23.7 Å². The normalized spacial score (nSPS) is 33.9. The van der Waals surface area contributed by atoms with Crippen LogP contribution < -0.4 is 5.73 Å². The Morgan fingerprint density at radius 2 is 2.15 bits per heavy atom. The van der Waals surface area contributed by atoms with Crippen LogP contribution in [0.5, 0.6) is 0 Å². The van der Waals surface area contributed by atoms with Gasteiger partial charge in [-0.2, -0.15) is 0 Å². The molecule has 1 fully saturated rings. The number of ether oxygens (including phenoxy) is 1. The number of aliphatic hydroxyl groups excluding tert-OH is 3. The third-order valence-electron chi connectivity index (χ3n) is 3.34. The van der Waals surface area contributed by atoms with E-state index >= 15 is 0 Å². The van der Waals surface area contributed by atoms with Gasteiger partial charge in [0.1, 0.15) is 40.4 Å². The van der Waals surface area contributed by atoms with E-state index in [1.54, 1.807) is 0 Å². The fourth-order valence-corrected chi connectivity index (χ4v) is 2.73. The van der Waals surface area contributed by atoms with E-state index in [9.17, 15) is 10.2 Å². The molecule has 5 N–H and O–H groups in total. The van der Waals surface area contributed by atoms with Crippen molar-refractivity contribution < 1.29 is 20.1 Å². The standard InChI is InChI=1S/C10H12N5O4Si/c11-8-5-9(13-2-12-8)15(3-14-5)10(20)7(18)6(17)4(1-16)19-10/h2-4,6-7,16-18H,1H2,(H2,11,12,13)/t4-,6-,7-,10+/m1/s1. The highest BCUT2D eigenvalue weighted by Crippen LogP contribution is 2.35. The van der Waals surface area contributed by atoms with Crippen molar-refractivity contribution in [2.24, 2.45) is 0 Å². The summed E-state index contributed by atoms with van der Waals surface area (Å²) in [6.07, 6.45) is -0.899. The SMILES string of the molecule is Nc1ncnc2c1ncn2[C@]1([Si])O[C@H](CO)[C@@H](O)[C@H]1O. The van der Waals surface area contributed by atoms with Crippen molar-refractivity contribution in [3.8, 4) is 0 Å². The van der Waals surface area contributed by atoms with Crippen molar-refractivity contribution in [1.29, 1.82) is 0 Å². The quantitative estimate of drug-likeness (QED) is 0.439. The highest BCUT2D eigenvalue weighted by atomic mass is 28.1. The number of hydrogen-bond donors (Lipinski definition) is 4. The van der Waals surface area contributed by atoms with Crippen LogP contribution in [0.4, 0.5) is 5.82 Å². The molecule has 2 aromatic rings. The summed E-state index contributed by atoms with van der Waals surface area (Å²) in [6, 6.07) is 0. The van der Waals surface area contributed by atoms with Gasteiger partial charge in [-0.15, -0.1) is 0 Å². The summed E-state index contributed by atoms with van der Waals surface area (Å²) in [5, 5.41) is 27.7. The molecule has 4 atom stereocenters. The highest BCUT2D eigenvalue weighted by molar-refractivity contribution is 6.13. The topological polar surface area (TPSA) is 140 Å². The molecule has 1 aliphatic heterocycles. The Balaban J connectivity index is 2.13. The van der Waals surface area contributed by atoms with Crippen LogP contribution in [-0.4, -0.2) is 70.0 Å². The highest BCUT2D eigenvalue weighted by Gasteiger charge is 2.52. The fourth-order valence-electron chi connectivity index (χ4n) is 2.25. The molecule has 1 saturated heterocycles. The lowest BCUT2D eigenvalue weighted by atomic mass is 10.1. The molecule has 3 radical (unpaired) electrons. The number of nitrogens with zero attached hydrogens (tertiary/aromatic N) is 4. The maximum absolute atomic E-state index is 10.2. The number of aliphatic hydroxyl groups is 3. The van der Waals surface area contributed by atoms with Gasteiger partial charge in [-0.25, -0.2) is 15.0 Å². The van der Waals surface area contributed by atoms with E-state index < -0.39 is 30.3 Å². The molecule has 105 valence electrons. The minimum absolute atomic E-state index is 0.191. The molecule has 0 spiro atoms. The van der Waals surface area contributed by atoms with E-state index in [0.29, 0.717) is 11.2 Å². The number of rotatable bonds is 2. The number of hydrogen-bond acceptors (Lipinski definition) is 8. The van der Waals surface area contributed by atoms with Crippen LogP contribution in [0.1, 0.15) is 0 Å². The number of anilines is 1. The molecule has 0 saturated carbocycles. The molecule has 3 heterocycles. The maximum Gasteiger partial charge on any atom is 0.167 e. The summed E-state index contributed by atoms with van der Waals surface area (Å²) >= 11 is 0. The maximum atomic E-state index is 10.2. The lowest BCUT2D eigenvalue weighted by molar-refractivity contribution is -0.0844. The van der Waals surface area contributed by atoms with Gasteiger partial charge < -0.3 is 25.8 Å². The van der Waals surface area contributed by atoms with E-state index in [-0.39, 0.29) is 5.82 Å². The molecule has 0 aliphatic carbocycles. The molecule has 1 aliphatic rings. The Kier molecular flexibility index (Phi) is 2.99.